The molecule has 2 N–H and O–H groups in total. The SMILES string of the molecule is O=C(Cc1ccc(C(F)(F)F)cc1)NCC1COCCN1. The van der Waals surface area contributed by atoms with E-state index in [-0.39, 0.29) is 18.4 Å². The zero-order valence-corrected chi connectivity index (χ0v) is 11.4. The third kappa shape index (κ3) is 5.02. The first kappa shape index (κ1) is 15.8. The van der Waals surface area contributed by atoms with E-state index in [1.54, 1.807) is 0 Å². The van der Waals surface area contributed by atoms with Crippen LogP contribution in [0.5, 0.6) is 0 Å². The van der Waals surface area contributed by atoms with Crippen molar-refractivity contribution in [2.45, 2.75) is 18.6 Å². The molecule has 1 aliphatic heterocycles. The zero-order chi connectivity index (χ0) is 15.3. The molecule has 0 aliphatic carbocycles. The monoisotopic (exact) mass is 302 g/mol. The Kier molecular flexibility index (Phi) is 5.19. The quantitative estimate of drug-likeness (QED) is 0.883. The standard InChI is InChI=1S/C14H17F3N2O2/c15-14(16,17)11-3-1-10(2-4-11)7-13(20)19-8-12-9-21-6-5-18-12/h1-4,12,18H,5-9H2,(H,19,20). The summed E-state index contributed by atoms with van der Waals surface area (Å²) in [6.45, 7) is 2.40. The summed E-state index contributed by atoms with van der Waals surface area (Å²) >= 11 is 0. The molecule has 21 heavy (non-hydrogen) atoms. The summed E-state index contributed by atoms with van der Waals surface area (Å²) in [5.41, 5.74) is -0.163. The fourth-order valence-electron chi connectivity index (χ4n) is 2.05. The lowest BCUT2D eigenvalue weighted by Gasteiger charge is -2.23. The minimum atomic E-state index is -4.35. The van der Waals surface area contributed by atoms with Crippen molar-refractivity contribution in [3.63, 3.8) is 0 Å². The second-order valence-corrected chi connectivity index (χ2v) is 4.90. The minimum absolute atomic E-state index is 0.0612. The van der Waals surface area contributed by atoms with Crippen molar-refractivity contribution in [2.75, 3.05) is 26.3 Å². The Morgan fingerprint density at radius 2 is 2.05 bits per heavy atom. The summed E-state index contributed by atoms with van der Waals surface area (Å²) in [5.74, 6) is -0.220. The van der Waals surface area contributed by atoms with E-state index in [9.17, 15) is 18.0 Å². The number of benzene rings is 1. The van der Waals surface area contributed by atoms with Gasteiger partial charge in [0.25, 0.3) is 0 Å². The molecule has 116 valence electrons. The highest BCUT2D eigenvalue weighted by molar-refractivity contribution is 5.78. The summed E-state index contributed by atoms with van der Waals surface area (Å²) < 4.78 is 42.5. The Morgan fingerprint density at radius 1 is 1.33 bits per heavy atom. The molecular weight excluding hydrogens is 285 g/mol. The molecule has 2 rings (SSSR count). The van der Waals surface area contributed by atoms with E-state index in [0.29, 0.717) is 25.3 Å². The van der Waals surface area contributed by atoms with Crippen LogP contribution in [0.3, 0.4) is 0 Å². The van der Waals surface area contributed by atoms with Gasteiger partial charge >= 0.3 is 6.18 Å². The number of hydrogen-bond donors (Lipinski definition) is 2. The van der Waals surface area contributed by atoms with Gasteiger partial charge < -0.3 is 15.4 Å². The van der Waals surface area contributed by atoms with Crippen LogP contribution in [0, 0.1) is 0 Å². The van der Waals surface area contributed by atoms with E-state index >= 15 is 0 Å². The highest BCUT2D eigenvalue weighted by atomic mass is 19.4. The predicted octanol–water partition coefficient (Wildman–Crippen LogP) is 1.35. The third-order valence-corrected chi connectivity index (χ3v) is 3.19. The molecule has 1 aliphatic rings. The molecule has 1 atom stereocenters. The number of nitrogens with one attached hydrogen (secondary N) is 2. The van der Waals surface area contributed by atoms with Crippen LogP contribution in [0.15, 0.2) is 24.3 Å². The molecular formula is C14H17F3N2O2. The Labute approximate surface area is 120 Å². The Morgan fingerprint density at radius 3 is 2.62 bits per heavy atom. The van der Waals surface area contributed by atoms with Gasteiger partial charge in [0.2, 0.25) is 5.91 Å². The number of halogens is 3. The molecule has 7 heteroatoms. The second kappa shape index (κ2) is 6.91. The first-order chi connectivity index (χ1) is 9.95. The highest BCUT2D eigenvalue weighted by Crippen LogP contribution is 2.29. The van der Waals surface area contributed by atoms with Crippen molar-refractivity contribution in [3.8, 4) is 0 Å². The average Bonchev–Trinajstić information content (AvgIpc) is 2.46. The topological polar surface area (TPSA) is 50.4 Å². The molecule has 0 bridgehead atoms. The van der Waals surface area contributed by atoms with E-state index in [1.165, 1.54) is 12.1 Å². The van der Waals surface area contributed by atoms with Gasteiger partial charge in [-0.05, 0) is 17.7 Å². The fraction of sp³-hybridized carbons (Fsp3) is 0.500. The minimum Gasteiger partial charge on any atom is -0.378 e. The normalized spacial score (nSPS) is 19.3. The van der Waals surface area contributed by atoms with Crippen LogP contribution in [-0.2, 0) is 22.1 Å². The molecule has 1 aromatic rings. The van der Waals surface area contributed by atoms with Crippen LogP contribution in [0.2, 0.25) is 0 Å². The van der Waals surface area contributed by atoms with Crippen LogP contribution in [-0.4, -0.2) is 38.3 Å². The van der Waals surface area contributed by atoms with E-state index in [4.69, 9.17) is 4.74 Å². The lowest BCUT2D eigenvalue weighted by atomic mass is 10.1. The number of amides is 1. The van der Waals surface area contributed by atoms with Gasteiger partial charge in [-0.2, -0.15) is 13.2 Å². The van der Waals surface area contributed by atoms with Crippen LogP contribution in [0.25, 0.3) is 0 Å². The molecule has 1 aromatic carbocycles. The predicted molar refractivity (Wildman–Crippen MR) is 70.8 cm³/mol. The van der Waals surface area contributed by atoms with Crippen LogP contribution < -0.4 is 10.6 Å². The molecule has 0 radical (unpaired) electrons. The Bertz CT molecular complexity index is 468. The van der Waals surface area contributed by atoms with Gasteiger partial charge in [0, 0.05) is 19.1 Å². The van der Waals surface area contributed by atoms with Crippen molar-refractivity contribution < 1.29 is 22.7 Å². The van der Waals surface area contributed by atoms with Gasteiger partial charge in [0.05, 0.1) is 25.2 Å². The van der Waals surface area contributed by atoms with Crippen molar-refractivity contribution in [2.24, 2.45) is 0 Å². The highest BCUT2D eigenvalue weighted by Gasteiger charge is 2.29. The number of rotatable bonds is 4. The first-order valence-electron chi connectivity index (χ1n) is 6.69. The number of carbonyl (C=O) groups excluding carboxylic acids is 1. The van der Waals surface area contributed by atoms with E-state index in [1.807, 2.05) is 0 Å². The molecule has 1 heterocycles. The third-order valence-electron chi connectivity index (χ3n) is 3.19. The van der Waals surface area contributed by atoms with E-state index < -0.39 is 11.7 Å². The molecule has 0 spiro atoms. The van der Waals surface area contributed by atoms with Gasteiger partial charge in [-0.25, -0.2) is 0 Å². The molecule has 1 saturated heterocycles. The Hall–Kier alpha value is -1.60. The van der Waals surface area contributed by atoms with Gasteiger partial charge in [0.1, 0.15) is 0 Å². The zero-order valence-electron chi connectivity index (χ0n) is 11.4. The van der Waals surface area contributed by atoms with Crippen molar-refractivity contribution >= 4 is 5.91 Å². The summed E-state index contributed by atoms with van der Waals surface area (Å²) in [6.07, 6.45) is -4.29. The maximum atomic E-state index is 12.4. The number of alkyl halides is 3. The van der Waals surface area contributed by atoms with Crippen LogP contribution in [0.1, 0.15) is 11.1 Å². The van der Waals surface area contributed by atoms with E-state index in [2.05, 4.69) is 10.6 Å². The largest absolute Gasteiger partial charge is 0.416 e. The van der Waals surface area contributed by atoms with Crippen molar-refractivity contribution in [1.29, 1.82) is 0 Å². The molecule has 1 amide bonds. The lowest BCUT2D eigenvalue weighted by Crippen LogP contribution is -2.48. The van der Waals surface area contributed by atoms with Gasteiger partial charge in [-0.3, -0.25) is 4.79 Å². The molecule has 0 aromatic heterocycles. The second-order valence-electron chi connectivity index (χ2n) is 4.90. The van der Waals surface area contributed by atoms with Gasteiger partial charge in [-0.15, -0.1) is 0 Å². The molecule has 1 fully saturated rings. The number of carbonyl (C=O) groups is 1. The first-order valence-corrected chi connectivity index (χ1v) is 6.69. The van der Waals surface area contributed by atoms with Crippen molar-refractivity contribution in [1.82, 2.24) is 10.6 Å². The maximum Gasteiger partial charge on any atom is 0.416 e. The maximum absolute atomic E-state index is 12.4. The number of ether oxygens (including phenoxy) is 1. The van der Waals surface area contributed by atoms with E-state index in [0.717, 1.165) is 18.7 Å². The fourth-order valence-corrected chi connectivity index (χ4v) is 2.05. The smallest absolute Gasteiger partial charge is 0.378 e. The van der Waals surface area contributed by atoms with Gasteiger partial charge in [-0.1, -0.05) is 12.1 Å². The summed E-state index contributed by atoms with van der Waals surface area (Å²) in [6, 6.07) is 4.70. The van der Waals surface area contributed by atoms with Crippen molar-refractivity contribution in [3.05, 3.63) is 35.4 Å². The summed E-state index contributed by atoms with van der Waals surface area (Å²) in [4.78, 5) is 11.7. The van der Waals surface area contributed by atoms with Crippen LogP contribution in [0.4, 0.5) is 13.2 Å². The van der Waals surface area contributed by atoms with Gasteiger partial charge in [0.15, 0.2) is 0 Å². The summed E-state index contributed by atoms with van der Waals surface area (Å²) in [7, 11) is 0. The molecule has 0 saturated carbocycles. The molecule has 1 unspecified atom stereocenters. The number of hydrogen-bond acceptors (Lipinski definition) is 3. The lowest BCUT2D eigenvalue weighted by molar-refractivity contribution is -0.137. The summed E-state index contributed by atoms with van der Waals surface area (Å²) in [5, 5.41) is 5.94. The number of morpholine rings is 1. The average molecular weight is 302 g/mol. The molecule has 4 nitrogen and oxygen atoms in total. The Balaban J connectivity index is 1.79. The van der Waals surface area contributed by atoms with Crippen LogP contribution >= 0.6 is 0 Å².